The van der Waals surface area contributed by atoms with Gasteiger partial charge in [-0.3, -0.25) is 14.2 Å². The first-order valence-electron chi connectivity index (χ1n) is 6.10. The smallest absolute Gasteiger partial charge is 0.335 e. The maximum Gasteiger partial charge on any atom is 0.335 e. The molecule has 19 heavy (non-hydrogen) atoms. The van der Waals surface area contributed by atoms with Crippen LogP contribution >= 0.6 is 0 Å². The van der Waals surface area contributed by atoms with Crippen molar-refractivity contribution in [2.45, 2.75) is 25.3 Å². The van der Waals surface area contributed by atoms with Crippen molar-refractivity contribution in [1.82, 2.24) is 9.55 Å². The fourth-order valence-electron chi connectivity index (χ4n) is 2.37. The fraction of sp³-hybridized carbons (Fsp3) is 0.308. The minimum atomic E-state index is -1.05. The molecule has 1 saturated carbocycles. The Kier molecular flexibility index (Phi) is 2.51. The van der Waals surface area contributed by atoms with Gasteiger partial charge < -0.3 is 10.1 Å². The van der Waals surface area contributed by atoms with Gasteiger partial charge in [-0.15, -0.1) is 0 Å². The van der Waals surface area contributed by atoms with Crippen molar-refractivity contribution < 1.29 is 9.90 Å². The summed E-state index contributed by atoms with van der Waals surface area (Å²) in [6, 6.07) is 4.37. The standard InChI is InChI=1S/C13H12N2O4/c16-11-12(17)15(8-2-1-3-8)10-6-7(13(18)19)4-5-9(10)14-11/h4-6,8H,1-3H2,(H,14,16)(H,18,19). The lowest BCUT2D eigenvalue weighted by Gasteiger charge is -2.28. The Balaban J connectivity index is 2.37. The van der Waals surface area contributed by atoms with E-state index in [0.29, 0.717) is 11.0 Å². The number of H-pyrrole nitrogens is 1. The number of aromatic nitrogens is 2. The van der Waals surface area contributed by atoms with E-state index >= 15 is 0 Å². The second-order valence-corrected chi connectivity index (χ2v) is 4.75. The molecule has 0 amide bonds. The van der Waals surface area contributed by atoms with Crippen LogP contribution < -0.4 is 11.1 Å². The van der Waals surface area contributed by atoms with Crippen molar-refractivity contribution in [3.05, 3.63) is 44.5 Å². The van der Waals surface area contributed by atoms with Gasteiger partial charge in [0.05, 0.1) is 16.6 Å². The normalized spacial score (nSPS) is 15.4. The molecule has 0 atom stereocenters. The summed E-state index contributed by atoms with van der Waals surface area (Å²) in [6.45, 7) is 0. The number of nitrogens with zero attached hydrogens (tertiary/aromatic N) is 1. The molecular formula is C13H12N2O4. The quantitative estimate of drug-likeness (QED) is 0.791. The van der Waals surface area contributed by atoms with E-state index in [-0.39, 0.29) is 11.6 Å². The lowest BCUT2D eigenvalue weighted by Crippen LogP contribution is -2.40. The molecule has 1 aliphatic rings. The zero-order valence-electron chi connectivity index (χ0n) is 10.0. The number of hydrogen-bond donors (Lipinski definition) is 2. The van der Waals surface area contributed by atoms with Gasteiger partial charge in [0.1, 0.15) is 0 Å². The molecule has 6 heteroatoms. The molecule has 6 nitrogen and oxygen atoms in total. The summed E-state index contributed by atoms with van der Waals surface area (Å²) in [5.41, 5.74) is -0.204. The van der Waals surface area contributed by atoms with Gasteiger partial charge in [0.25, 0.3) is 0 Å². The lowest BCUT2D eigenvalue weighted by atomic mass is 9.92. The molecule has 0 unspecified atom stereocenters. The average molecular weight is 260 g/mol. The second kappa shape index (κ2) is 4.08. The summed E-state index contributed by atoms with van der Waals surface area (Å²) in [4.78, 5) is 37.1. The second-order valence-electron chi connectivity index (χ2n) is 4.75. The van der Waals surface area contributed by atoms with Crippen LogP contribution in [-0.4, -0.2) is 20.6 Å². The summed E-state index contributed by atoms with van der Waals surface area (Å²) >= 11 is 0. The highest BCUT2D eigenvalue weighted by molar-refractivity contribution is 5.92. The van der Waals surface area contributed by atoms with E-state index in [2.05, 4.69) is 4.98 Å². The number of aromatic carboxylic acids is 1. The monoisotopic (exact) mass is 260 g/mol. The number of benzene rings is 1. The first-order chi connectivity index (χ1) is 9.08. The number of carboxylic acids is 1. The Bertz CT molecular complexity index is 783. The first kappa shape index (κ1) is 11.7. The van der Waals surface area contributed by atoms with Crippen LogP contribution in [-0.2, 0) is 0 Å². The van der Waals surface area contributed by atoms with Gasteiger partial charge in [-0.25, -0.2) is 4.79 Å². The summed E-state index contributed by atoms with van der Waals surface area (Å²) in [5, 5.41) is 9.01. The van der Waals surface area contributed by atoms with Crippen LogP contribution in [0.15, 0.2) is 27.8 Å². The van der Waals surface area contributed by atoms with E-state index in [0.717, 1.165) is 19.3 Å². The van der Waals surface area contributed by atoms with Gasteiger partial charge in [0.15, 0.2) is 0 Å². The van der Waals surface area contributed by atoms with Gasteiger partial charge in [-0.05, 0) is 37.5 Å². The average Bonchev–Trinajstić information content (AvgIpc) is 2.32. The number of carboxylic acid groups (broad SMARTS) is 1. The zero-order valence-corrected chi connectivity index (χ0v) is 10.0. The maximum absolute atomic E-state index is 12.0. The first-order valence-corrected chi connectivity index (χ1v) is 6.10. The number of carbonyl (C=O) groups is 1. The molecule has 98 valence electrons. The third-order valence-corrected chi connectivity index (χ3v) is 3.61. The Labute approximate surface area is 107 Å². The molecule has 0 saturated heterocycles. The molecule has 1 aromatic heterocycles. The topological polar surface area (TPSA) is 92.2 Å². The molecule has 0 radical (unpaired) electrons. The summed E-state index contributed by atoms with van der Waals surface area (Å²) in [5.74, 6) is -1.05. The predicted octanol–water partition coefficient (Wildman–Crippen LogP) is 1.11. The molecule has 2 aromatic rings. The van der Waals surface area contributed by atoms with Gasteiger partial charge in [-0.2, -0.15) is 0 Å². The summed E-state index contributed by atoms with van der Waals surface area (Å²) in [7, 11) is 0. The van der Waals surface area contributed by atoms with Crippen LogP contribution in [0.4, 0.5) is 0 Å². The Hall–Kier alpha value is -2.37. The fourth-order valence-corrected chi connectivity index (χ4v) is 2.37. The Morgan fingerprint density at radius 1 is 1.32 bits per heavy atom. The maximum atomic E-state index is 12.0. The van der Waals surface area contributed by atoms with Crippen molar-refractivity contribution in [2.75, 3.05) is 0 Å². The van der Waals surface area contributed by atoms with Gasteiger partial charge >= 0.3 is 17.1 Å². The van der Waals surface area contributed by atoms with Gasteiger partial charge in [0.2, 0.25) is 0 Å². The lowest BCUT2D eigenvalue weighted by molar-refractivity contribution is 0.0697. The number of aromatic amines is 1. The van der Waals surface area contributed by atoms with Crippen molar-refractivity contribution in [2.24, 2.45) is 0 Å². The highest BCUT2D eigenvalue weighted by atomic mass is 16.4. The van der Waals surface area contributed by atoms with Crippen molar-refractivity contribution >= 4 is 17.0 Å². The molecule has 2 N–H and O–H groups in total. The van der Waals surface area contributed by atoms with Crippen LogP contribution in [0, 0.1) is 0 Å². The molecule has 0 spiro atoms. The van der Waals surface area contributed by atoms with Crippen molar-refractivity contribution in [3.8, 4) is 0 Å². The van der Waals surface area contributed by atoms with E-state index < -0.39 is 17.1 Å². The van der Waals surface area contributed by atoms with Crippen LogP contribution in [0.2, 0.25) is 0 Å². The molecule has 0 bridgehead atoms. The van der Waals surface area contributed by atoms with Crippen molar-refractivity contribution in [3.63, 3.8) is 0 Å². The molecule has 0 aliphatic heterocycles. The van der Waals surface area contributed by atoms with E-state index in [4.69, 9.17) is 5.11 Å². The van der Waals surface area contributed by atoms with Crippen LogP contribution in [0.1, 0.15) is 35.7 Å². The van der Waals surface area contributed by atoms with Crippen LogP contribution in [0.3, 0.4) is 0 Å². The largest absolute Gasteiger partial charge is 0.478 e. The Morgan fingerprint density at radius 3 is 2.63 bits per heavy atom. The predicted molar refractivity (Wildman–Crippen MR) is 68.7 cm³/mol. The number of nitrogens with one attached hydrogen (secondary N) is 1. The molecule has 1 fully saturated rings. The highest BCUT2D eigenvalue weighted by Gasteiger charge is 2.23. The van der Waals surface area contributed by atoms with E-state index in [9.17, 15) is 14.4 Å². The molecular weight excluding hydrogens is 248 g/mol. The number of fused-ring (bicyclic) bond motifs is 1. The molecule has 1 aromatic carbocycles. The van der Waals surface area contributed by atoms with E-state index in [1.807, 2.05) is 0 Å². The third kappa shape index (κ3) is 1.76. The summed E-state index contributed by atoms with van der Waals surface area (Å²) < 4.78 is 1.43. The van der Waals surface area contributed by atoms with Gasteiger partial charge in [-0.1, -0.05) is 0 Å². The number of hydrogen-bond acceptors (Lipinski definition) is 3. The van der Waals surface area contributed by atoms with E-state index in [1.54, 1.807) is 0 Å². The van der Waals surface area contributed by atoms with Crippen molar-refractivity contribution in [1.29, 1.82) is 0 Å². The molecule has 3 rings (SSSR count). The SMILES string of the molecule is O=C(O)c1ccc2[nH]c(=O)c(=O)n(C3CCC3)c2c1. The van der Waals surface area contributed by atoms with E-state index in [1.165, 1.54) is 22.8 Å². The van der Waals surface area contributed by atoms with Crippen LogP contribution in [0.25, 0.3) is 11.0 Å². The summed E-state index contributed by atoms with van der Waals surface area (Å²) in [6.07, 6.45) is 2.70. The number of rotatable bonds is 2. The van der Waals surface area contributed by atoms with Crippen LogP contribution in [0.5, 0.6) is 0 Å². The molecule has 1 heterocycles. The minimum Gasteiger partial charge on any atom is -0.478 e. The molecule has 1 aliphatic carbocycles. The minimum absolute atomic E-state index is 0.00125. The third-order valence-electron chi connectivity index (χ3n) is 3.61. The van der Waals surface area contributed by atoms with Gasteiger partial charge in [0, 0.05) is 6.04 Å². The zero-order chi connectivity index (χ0) is 13.6. The Morgan fingerprint density at radius 2 is 2.05 bits per heavy atom. The highest BCUT2D eigenvalue weighted by Crippen LogP contribution is 2.32.